The van der Waals surface area contributed by atoms with Crippen LogP contribution in [-0.2, 0) is 11.3 Å². The van der Waals surface area contributed by atoms with Gasteiger partial charge in [0.2, 0.25) is 5.91 Å². The molecule has 6 nitrogen and oxygen atoms in total. The molecule has 1 aliphatic rings. The van der Waals surface area contributed by atoms with Gasteiger partial charge in [-0.05, 0) is 18.9 Å². The van der Waals surface area contributed by atoms with Crippen molar-refractivity contribution in [1.29, 1.82) is 0 Å². The van der Waals surface area contributed by atoms with E-state index in [2.05, 4.69) is 14.9 Å². The van der Waals surface area contributed by atoms with Crippen molar-refractivity contribution in [2.45, 2.75) is 25.8 Å². The second-order valence-corrected chi connectivity index (χ2v) is 6.67. The zero-order chi connectivity index (χ0) is 18.4. The molecule has 0 spiro atoms. The minimum atomic E-state index is -0.0993. The number of carbonyl (C=O) groups excluding carboxylic acids is 1. The fourth-order valence-electron chi connectivity index (χ4n) is 3.30. The summed E-state index contributed by atoms with van der Waals surface area (Å²) in [5.41, 5.74) is 2.14. The van der Waals surface area contributed by atoms with Crippen LogP contribution in [0.3, 0.4) is 0 Å². The molecule has 1 amide bonds. The number of hydrogen-bond acceptors (Lipinski definition) is 5. The highest BCUT2D eigenvalue weighted by atomic mass is 16.5. The average Bonchev–Trinajstić information content (AvgIpc) is 2.94. The van der Waals surface area contributed by atoms with Crippen molar-refractivity contribution in [3.8, 4) is 6.01 Å². The van der Waals surface area contributed by atoms with Gasteiger partial charge in [-0.1, -0.05) is 30.3 Å². The molecule has 0 aliphatic carbocycles. The summed E-state index contributed by atoms with van der Waals surface area (Å²) in [5, 5.41) is 0. The van der Waals surface area contributed by atoms with Gasteiger partial charge in [-0.2, -0.15) is 0 Å². The van der Waals surface area contributed by atoms with Crippen LogP contribution in [0.4, 0.5) is 0 Å². The van der Waals surface area contributed by atoms with Gasteiger partial charge in [-0.15, -0.1) is 0 Å². The molecule has 3 rings (SSSR count). The predicted octanol–water partition coefficient (Wildman–Crippen LogP) is 2.32. The summed E-state index contributed by atoms with van der Waals surface area (Å²) in [6.45, 7) is 6.18. The molecule has 6 heteroatoms. The van der Waals surface area contributed by atoms with Crippen molar-refractivity contribution in [3.05, 3.63) is 53.9 Å². The molecule has 0 saturated carbocycles. The Balaban J connectivity index is 1.56. The van der Waals surface area contributed by atoms with Crippen LogP contribution in [0.2, 0.25) is 0 Å². The molecule has 1 aromatic heterocycles. The van der Waals surface area contributed by atoms with Crippen molar-refractivity contribution in [3.63, 3.8) is 0 Å². The number of ether oxygens (including phenoxy) is 1. The van der Waals surface area contributed by atoms with E-state index in [1.807, 2.05) is 42.2 Å². The third-order valence-electron chi connectivity index (χ3n) is 4.84. The lowest BCUT2D eigenvalue weighted by molar-refractivity contribution is -0.132. The van der Waals surface area contributed by atoms with Crippen LogP contribution >= 0.6 is 0 Å². The number of benzene rings is 1. The van der Waals surface area contributed by atoms with Crippen LogP contribution < -0.4 is 4.74 Å². The highest BCUT2D eigenvalue weighted by Crippen LogP contribution is 2.19. The lowest BCUT2D eigenvalue weighted by Crippen LogP contribution is -2.37. The highest BCUT2D eigenvalue weighted by molar-refractivity contribution is 5.83. The van der Waals surface area contributed by atoms with E-state index in [4.69, 9.17) is 4.74 Å². The molecule has 1 saturated heterocycles. The van der Waals surface area contributed by atoms with E-state index in [9.17, 15) is 4.79 Å². The SMILES string of the molecule is COc1ncc(CN2CCCN(C(=O)C(C)c3ccccc3)CC2)cn1. The Bertz CT molecular complexity index is 706. The van der Waals surface area contributed by atoms with Crippen LogP contribution in [0.15, 0.2) is 42.7 Å². The first kappa shape index (κ1) is 18.3. The topological polar surface area (TPSA) is 58.6 Å². The monoisotopic (exact) mass is 354 g/mol. The highest BCUT2D eigenvalue weighted by Gasteiger charge is 2.24. The van der Waals surface area contributed by atoms with Gasteiger partial charge in [-0.3, -0.25) is 9.69 Å². The zero-order valence-corrected chi connectivity index (χ0v) is 15.5. The lowest BCUT2D eigenvalue weighted by Gasteiger charge is -2.25. The molecule has 1 fully saturated rings. The first-order chi connectivity index (χ1) is 12.7. The maximum absolute atomic E-state index is 12.9. The second-order valence-electron chi connectivity index (χ2n) is 6.67. The standard InChI is InChI=1S/C20H26N4O2/c1-16(18-7-4-3-5-8-18)19(25)24-10-6-9-23(11-12-24)15-17-13-21-20(26-2)22-14-17/h3-5,7-8,13-14,16H,6,9-12,15H2,1-2H3. The van der Waals surface area contributed by atoms with Gasteiger partial charge in [0.1, 0.15) is 0 Å². The molecule has 0 N–H and O–H groups in total. The summed E-state index contributed by atoms with van der Waals surface area (Å²) >= 11 is 0. The fraction of sp³-hybridized carbons (Fsp3) is 0.450. The van der Waals surface area contributed by atoms with E-state index in [1.165, 1.54) is 0 Å². The van der Waals surface area contributed by atoms with Gasteiger partial charge >= 0.3 is 6.01 Å². The third kappa shape index (κ3) is 4.58. The minimum absolute atomic E-state index is 0.0993. The Kier molecular flexibility index (Phi) is 6.17. The van der Waals surface area contributed by atoms with Gasteiger partial charge in [0.05, 0.1) is 13.0 Å². The van der Waals surface area contributed by atoms with Crippen LogP contribution in [0.5, 0.6) is 6.01 Å². The number of aromatic nitrogens is 2. The molecule has 0 radical (unpaired) electrons. The van der Waals surface area contributed by atoms with Crippen molar-refractivity contribution in [1.82, 2.24) is 19.8 Å². The number of hydrogen-bond donors (Lipinski definition) is 0. The van der Waals surface area contributed by atoms with E-state index in [1.54, 1.807) is 19.5 Å². The Morgan fingerprint density at radius 3 is 2.54 bits per heavy atom. The van der Waals surface area contributed by atoms with E-state index < -0.39 is 0 Å². The van der Waals surface area contributed by atoms with Crippen LogP contribution in [0.1, 0.15) is 30.4 Å². The summed E-state index contributed by atoms with van der Waals surface area (Å²) in [6.07, 6.45) is 4.58. The molecule has 1 unspecified atom stereocenters. The maximum Gasteiger partial charge on any atom is 0.316 e. The van der Waals surface area contributed by atoms with Gasteiger partial charge in [0.15, 0.2) is 0 Å². The molecule has 2 aromatic rings. The van der Waals surface area contributed by atoms with E-state index in [0.29, 0.717) is 6.01 Å². The number of nitrogens with zero attached hydrogens (tertiary/aromatic N) is 4. The van der Waals surface area contributed by atoms with Crippen molar-refractivity contribution < 1.29 is 9.53 Å². The Hall–Kier alpha value is -2.47. The minimum Gasteiger partial charge on any atom is -0.467 e. The number of amides is 1. The number of rotatable bonds is 5. The Labute approximate surface area is 154 Å². The largest absolute Gasteiger partial charge is 0.467 e. The van der Waals surface area contributed by atoms with Crippen LogP contribution in [0, 0.1) is 0 Å². The van der Waals surface area contributed by atoms with Gasteiger partial charge in [0, 0.05) is 50.7 Å². The van der Waals surface area contributed by atoms with E-state index in [0.717, 1.165) is 50.3 Å². The van der Waals surface area contributed by atoms with Gasteiger partial charge in [-0.25, -0.2) is 9.97 Å². The summed E-state index contributed by atoms with van der Waals surface area (Å²) in [6, 6.07) is 10.4. The first-order valence-corrected chi connectivity index (χ1v) is 9.08. The molecule has 1 aliphatic heterocycles. The molecule has 26 heavy (non-hydrogen) atoms. The molecule has 138 valence electrons. The summed E-state index contributed by atoms with van der Waals surface area (Å²) in [7, 11) is 1.56. The van der Waals surface area contributed by atoms with Crippen molar-refractivity contribution in [2.75, 3.05) is 33.3 Å². The molecule has 2 heterocycles. The Morgan fingerprint density at radius 2 is 1.85 bits per heavy atom. The molecule has 1 aromatic carbocycles. The Morgan fingerprint density at radius 1 is 1.12 bits per heavy atom. The molecular weight excluding hydrogens is 328 g/mol. The summed E-state index contributed by atoms with van der Waals surface area (Å²) in [4.78, 5) is 25.5. The zero-order valence-electron chi connectivity index (χ0n) is 15.5. The molecule has 1 atom stereocenters. The van der Waals surface area contributed by atoms with Crippen molar-refractivity contribution in [2.24, 2.45) is 0 Å². The maximum atomic E-state index is 12.9. The normalized spacial score (nSPS) is 16.8. The molecular formula is C20H26N4O2. The summed E-state index contributed by atoms with van der Waals surface area (Å²) < 4.78 is 5.00. The molecule has 0 bridgehead atoms. The number of methoxy groups -OCH3 is 1. The fourth-order valence-corrected chi connectivity index (χ4v) is 3.30. The lowest BCUT2D eigenvalue weighted by atomic mass is 10.00. The van der Waals surface area contributed by atoms with E-state index in [-0.39, 0.29) is 11.8 Å². The van der Waals surface area contributed by atoms with E-state index >= 15 is 0 Å². The van der Waals surface area contributed by atoms with Crippen LogP contribution in [0.25, 0.3) is 0 Å². The summed E-state index contributed by atoms with van der Waals surface area (Å²) in [5.74, 6) is 0.114. The quantitative estimate of drug-likeness (QED) is 0.825. The smallest absolute Gasteiger partial charge is 0.316 e. The van der Waals surface area contributed by atoms with Crippen molar-refractivity contribution >= 4 is 5.91 Å². The van der Waals surface area contributed by atoms with Crippen LogP contribution in [-0.4, -0.2) is 59.0 Å². The predicted molar refractivity (Wildman–Crippen MR) is 99.9 cm³/mol. The third-order valence-corrected chi connectivity index (χ3v) is 4.84. The average molecular weight is 354 g/mol. The van der Waals surface area contributed by atoms with Gasteiger partial charge < -0.3 is 9.64 Å². The first-order valence-electron chi connectivity index (χ1n) is 9.08. The second kappa shape index (κ2) is 8.76. The number of carbonyl (C=O) groups is 1. The van der Waals surface area contributed by atoms with Gasteiger partial charge in [0.25, 0.3) is 0 Å².